The summed E-state index contributed by atoms with van der Waals surface area (Å²) < 4.78 is 46.8. The highest BCUT2D eigenvalue weighted by atomic mass is 19.4. The van der Waals surface area contributed by atoms with Crippen molar-refractivity contribution in [3.05, 3.63) is 58.8 Å². The Morgan fingerprint density at radius 2 is 1.90 bits per heavy atom. The van der Waals surface area contributed by atoms with Gasteiger partial charge >= 0.3 is 6.18 Å². The normalized spacial score (nSPS) is 15.6. The molecule has 5 nitrogen and oxygen atoms in total. The van der Waals surface area contributed by atoms with Crippen molar-refractivity contribution in [2.75, 3.05) is 0 Å². The van der Waals surface area contributed by atoms with Crippen molar-refractivity contribution in [3.8, 4) is 11.6 Å². The molecule has 0 bridgehead atoms. The molecule has 152 valence electrons. The van der Waals surface area contributed by atoms with Crippen molar-refractivity contribution in [1.29, 1.82) is 0 Å². The van der Waals surface area contributed by atoms with Crippen molar-refractivity contribution >= 4 is 10.9 Å². The van der Waals surface area contributed by atoms with Crippen LogP contribution >= 0.6 is 0 Å². The largest absolute Gasteiger partial charge is 0.438 e. The van der Waals surface area contributed by atoms with Gasteiger partial charge in [-0.2, -0.15) is 18.2 Å². The number of aromatic nitrogens is 3. The SMILES string of the molecule is O=c1ncn(CC2CCCCC2)c2ccc(Oc3ncccc3C(F)(F)F)cc12. The maximum atomic E-state index is 13.2. The van der Waals surface area contributed by atoms with E-state index in [2.05, 4.69) is 9.97 Å². The molecule has 1 aliphatic rings. The van der Waals surface area contributed by atoms with Crippen molar-refractivity contribution in [1.82, 2.24) is 14.5 Å². The second-order valence-corrected chi connectivity index (χ2v) is 7.34. The minimum Gasteiger partial charge on any atom is -0.438 e. The van der Waals surface area contributed by atoms with Crippen LogP contribution in [0.3, 0.4) is 0 Å². The van der Waals surface area contributed by atoms with Crippen molar-refractivity contribution < 1.29 is 17.9 Å². The first-order valence-electron chi connectivity index (χ1n) is 9.61. The zero-order valence-electron chi connectivity index (χ0n) is 15.7. The van der Waals surface area contributed by atoms with Crippen LogP contribution in [0.2, 0.25) is 0 Å². The van der Waals surface area contributed by atoms with E-state index in [1.165, 1.54) is 37.6 Å². The van der Waals surface area contributed by atoms with Gasteiger partial charge in [-0.15, -0.1) is 0 Å². The maximum Gasteiger partial charge on any atom is 0.421 e. The molecule has 1 aliphatic carbocycles. The lowest BCUT2D eigenvalue weighted by Gasteiger charge is -2.23. The molecule has 0 amide bonds. The highest BCUT2D eigenvalue weighted by molar-refractivity contribution is 5.79. The maximum absolute atomic E-state index is 13.2. The summed E-state index contributed by atoms with van der Waals surface area (Å²) in [6, 6.07) is 6.77. The van der Waals surface area contributed by atoms with Gasteiger partial charge in [0.2, 0.25) is 5.88 Å². The number of rotatable bonds is 4. The first-order valence-corrected chi connectivity index (χ1v) is 9.61. The summed E-state index contributed by atoms with van der Waals surface area (Å²) in [6.07, 6.45) is 4.15. The number of hydrogen-bond donors (Lipinski definition) is 0. The summed E-state index contributed by atoms with van der Waals surface area (Å²) in [7, 11) is 0. The Hall–Kier alpha value is -2.90. The Morgan fingerprint density at radius 1 is 1.10 bits per heavy atom. The van der Waals surface area contributed by atoms with Crippen LogP contribution in [0.15, 0.2) is 47.7 Å². The number of nitrogens with zero attached hydrogens (tertiary/aromatic N) is 3. The van der Waals surface area contributed by atoms with E-state index in [1.54, 1.807) is 18.5 Å². The summed E-state index contributed by atoms with van der Waals surface area (Å²) in [5.41, 5.74) is -0.719. The molecule has 1 fully saturated rings. The molecule has 0 spiro atoms. The first-order chi connectivity index (χ1) is 13.9. The molecule has 2 heterocycles. The summed E-state index contributed by atoms with van der Waals surface area (Å²) in [6.45, 7) is 0.766. The zero-order chi connectivity index (χ0) is 20.4. The molecule has 0 unspecified atom stereocenters. The van der Waals surface area contributed by atoms with E-state index < -0.39 is 23.2 Å². The average Bonchev–Trinajstić information content (AvgIpc) is 2.71. The number of ether oxygens (including phenoxy) is 1. The Bertz CT molecular complexity index is 1070. The molecule has 8 heteroatoms. The topological polar surface area (TPSA) is 57.0 Å². The van der Waals surface area contributed by atoms with E-state index in [9.17, 15) is 18.0 Å². The number of halogens is 3. The molecule has 1 saturated carbocycles. The van der Waals surface area contributed by atoms with Gasteiger partial charge in [0.1, 0.15) is 11.3 Å². The average molecular weight is 403 g/mol. The number of benzene rings is 1. The van der Waals surface area contributed by atoms with Gasteiger partial charge in [-0.25, -0.2) is 4.98 Å². The molecule has 2 aromatic heterocycles. The Kier molecular flexibility index (Phi) is 5.25. The number of fused-ring (bicyclic) bond motifs is 1. The van der Waals surface area contributed by atoms with Gasteiger partial charge in [0, 0.05) is 12.7 Å². The Labute approximate surface area is 165 Å². The van der Waals surface area contributed by atoms with Gasteiger partial charge in [0.15, 0.2) is 0 Å². The second-order valence-electron chi connectivity index (χ2n) is 7.34. The van der Waals surface area contributed by atoms with Crippen LogP contribution in [0.25, 0.3) is 10.9 Å². The molecule has 4 rings (SSSR count). The summed E-state index contributed by atoms with van der Waals surface area (Å²) in [5, 5.41) is 0.310. The molecule has 1 aromatic carbocycles. The van der Waals surface area contributed by atoms with Crippen LogP contribution in [0, 0.1) is 5.92 Å². The number of pyridine rings is 1. The highest BCUT2D eigenvalue weighted by Gasteiger charge is 2.35. The minimum absolute atomic E-state index is 0.107. The zero-order valence-corrected chi connectivity index (χ0v) is 15.7. The number of alkyl halides is 3. The fourth-order valence-corrected chi connectivity index (χ4v) is 3.85. The van der Waals surface area contributed by atoms with Crippen molar-refractivity contribution in [2.45, 2.75) is 44.8 Å². The number of hydrogen-bond acceptors (Lipinski definition) is 4. The highest BCUT2D eigenvalue weighted by Crippen LogP contribution is 2.36. The standard InChI is InChI=1S/C21H20F3N3O2/c22-21(23,24)17-7-4-10-25-20(17)29-15-8-9-18-16(11-15)19(28)26-13-27(18)12-14-5-2-1-3-6-14/h4,7-11,13-14H,1-3,5-6,12H2. The van der Waals surface area contributed by atoms with E-state index in [0.717, 1.165) is 25.5 Å². The minimum atomic E-state index is -4.59. The molecular weight excluding hydrogens is 383 g/mol. The second kappa shape index (κ2) is 7.85. The molecule has 0 saturated heterocycles. The predicted molar refractivity (Wildman–Crippen MR) is 102 cm³/mol. The fraction of sp³-hybridized carbons (Fsp3) is 0.381. The van der Waals surface area contributed by atoms with E-state index in [-0.39, 0.29) is 5.75 Å². The molecule has 3 aromatic rings. The van der Waals surface area contributed by atoms with E-state index in [4.69, 9.17) is 4.74 Å². The van der Waals surface area contributed by atoms with Crippen LogP contribution in [0.1, 0.15) is 37.7 Å². The monoisotopic (exact) mass is 403 g/mol. The van der Waals surface area contributed by atoms with Gasteiger partial charge in [-0.3, -0.25) is 4.79 Å². The fourth-order valence-electron chi connectivity index (χ4n) is 3.85. The molecule has 29 heavy (non-hydrogen) atoms. The van der Waals surface area contributed by atoms with Crippen molar-refractivity contribution in [2.24, 2.45) is 5.92 Å². The third-order valence-electron chi connectivity index (χ3n) is 5.29. The van der Waals surface area contributed by atoms with Gasteiger partial charge in [0.05, 0.1) is 17.2 Å². The third-order valence-corrected chi connectivity index (χ3v) is 5.29. The molecule has 0 N–H and O–H groups in total. The van der Waals surface area contributed by atoms with Crippen LogP contribution in [-0.4, -0.2) is 14.5 Å². The Balaban J connectivity index is 1.67. The predicted octanol–water partition coefficient (Wildman–Crippen LogP) is 5.18. The van der Waals surface area contributed by atoms with E-state index in [1.807, 2.05) is 4.57 Å². The Morgan fingerprint density at radius 3 is 2.66 bits per heavy atom. The van der Waals surface area contributed by atoms with Gasteiger partial charge < -0.3 is 9.30 Å². The van der Waals surface area contributed by atoms with Gasteiger partial charge in [-0.1, -0.05) is 19.3 Å². The molecular formula is C21H20F3N3O2. The smallest absolute Gasteiger partial charge is 0.421 e. The summed E-state index contributed by atoms with van der Waals surface area (Å²) in [4.78, 5) is 19.9. The molecule has 0 aliphatic heterocycles. The van der Waals surface area contributed by atoms with Crippen LogP contribution in [0.5, 0.6) is 11.6 Å². The van der Waals surface area contributed by atoms with Crippen LogP contribution < -0.4 is 10.3 Å². The summed E-state index contributed by atoms with van der Waals surface area (Å²) in [5.74, 6) is 0.0943. The van der Waals surface area contributed by atoms with Crippen molar-refractivity contribution in [3.63, 3.8) is 0 Å². The summed E-state index contributed by atoms with van der Waals surface area (Å²) >= 11 is 0. The molecule has 0 atom stereocenters. The lowest BCUT2D eigenvalue weighted by molar-refractivity contribution is -0.138. The quantitative estimate of drug-likeness (QED) is 0.602. The van der Waals surface area contributed by atoms with E-state index in [0.29, 0.717) is 16.8 Å². The molecule has 0 radical (unpaired) electrons. The van der Waals surface area contributed by atoms with Crippen LogP contribution in [-0.2, 0) is 12.7 Å². The van der Waals surface area contributed by atoms with E-state index >= 15 is 0 Å². The van der Waals surface area contributed by atoms with Crippen LogP contribution in [0.4, 0.5) is 13.2 Å². The lowest BCUT2D eigenvalue weighted by Crippen LogP contribution is -2.18. The first kappa shape index (κ1) is 19.4. The lowest BCUT2D eigenvalue weighted by atomic mass is 9.89. The van der Waals surface area contributed by atoms with Gasteiger partial charge in [-0.05, 0) is 49.1 Å². The van der Waals surface area contributed by atoms with Gasteiger partial charge in [0.25, 0.3) is 5.56 Å². The third kappa shape index (κ3) is 4.26.